The van der Waals surface area contributed by atoms with Crippen molar-refractivity contribution in [1.82, 2.24) is 10.2 Å². The lowest BCUT2D eigenvalue weighted by atomic mass is 9.79. The fourth-order valence-corrected chi connectivity index (χ4v) is 4.36. The summed E-state index contributed by atoms with van der Waals surface area (Å²) in [6.45, 7) is 3.78. The number of hydrogen-bond donors (Lipinski definition) is 2. The van der Waals surface area contributed by atoms with Crippen molar-refractivity contribution in [3.8, 4) is 11.1 Å². The maximum absolute atomic E-state index is 12.8. The molecule has 0 unspecified atom stereocenters. The van der Waals surface area contributed by atoms with Gasteiger partial charge in [-0.15, -0.1) is 0 Å². The zero-order valence-corrected chi connectivity index (χ0v) is 15.6. The second-order valence-corrected chi connectivity index (χ2v) is 7.91. The summed E-state index contributed by atoms with van der Waals surface area (Å²) in [7, 11) is 0. The Balaban J connectivity index is 1.47. The number of hydrogen-bond acceptors (Lipinski definition) is 2. The van der Waals surface area contributed by atoms with E-state index in [1.807, 2.05) is 53.4 Å². The number of urea groups is 1. The molecule has 2 aromatic carbocycles. The van der Waals surface area contributed by atoms with Gasteiger partial charge >= 0.3 is 6.03 Å². The summed E-state index contributed by atoms with van der Waals surface area (Å²) in [5.41, 5.74) is 3.18. The summed E-state index contributed by atoms with van der Waals surface area (Å²) in [5.74, 6) is 0. The van der Waals surface area contributed by atoms with Gasteiger partial charge in [0, 0.05) is 35.8 Å². The highest BCUT2D eigenvalue weighted by molar-refractivity contribution is 6.30. The number of nitrogens with zero attached hydrogens (tertiary/aromatic N) is 1. The summed E-state index contributed by atoms with van der Waals surface area (Å²) in [4.78, 5) is 14.8. The molecule has 0 aromatic heterocycles. The minimum Gasteiger partial charge on any atom is -0.324 e. The molecule has 1 spiro atoms. The van der Waals surface area contributed by atoms with Gasteiger partial charge in [0.2, 0.25) is 0 Å². The molecule has 4 nitrogen and oxygen atoms in total. The lowest BCUT2D eigenvalue weighted by Crippen LogP contribution is -2.48. The molecule has 0 bridgehead atoms. The number of benzene rings is 2. The van der Waals surface area contributed by atoms with Crippen LogP contribution in [-0.2, 0) is 0 Å². The van der Waals surface area contributed by atoms with Gasteiger partial charge in [-0.25, -0.2) is 4.79 Å². The van der Waals surface area contributed by atoms with Crippen molar-refractivity contribution in [2.75, 3.05) is 31.5 Å². The van der Waals surface area contributed by atoms with Crippen LogP contribution in [0.15, 0.2) is 48.5 Å². The molecule has 26 heavy (non-hydrogen) atoms. The topological polar surface area (TPSA) is 44.4 Å². The fraction of sp³-hybridized carbons (Fsp3) is 0.381. The van der Waals surface area contributed by atoms with Crippen LogP contribution >= 0.6 is 11.6 Å². The second kappa shape index (κ2) is 7.29. The molecule has 2 amide bonds. The predicted molar refractivity (Wildman–Crippen MR) is 107 cm³/mol. The van der Waals surface area contributed by atoms with Gasteiger partial charge in [0.1, 0.15) is 0 Å². The first-order valence-corrected chi connectivity index (χ1v) is 9.64. The van der Waals surface area contributed by atoms with E-state index in [4.69, 9.17) is 11.6 Å². The average Bonchev–Trinajstić information content (AvgIpc) is 3.09. The molecular formula is C21H24ClN3O. The van der Waals surface area contributed by atoms with E-state index in [1.165, 1.54) is 12.8 Å². The van der Waals surface area contributed by atoms with Crippen LogP contribution in [0.3, 0.4) is 0 Å². The lowest BCUT2D eigenvalue weighted by molar-refractivity contribution is 0.125. The Morgan fingerprint density at radius 1 is 1.12 bits per heavy atom. The number of anilines is 1. The van der Waals surface area contributed by atoms with Crippen molar-refractivity contribution in [2.45, 2.75) is 19.3 Å². The minimum atomic E-state index is -0.000723. The zero-order chi connectivity index (χ0) is 18.0. The first-order valence-electron chi connectivity index (χ1n) is 9.26. The molecule has 2 heterocycles. The average molecular weight is 370 g/mol. The highest BCUT2D eigenvalue weighted by atomic mass is 35.5. The third-order valence-electron chi connectivity index (χ3n) is 5.55. The van der Waals surface area contributed by atoms with E-state index < -0.39 is 0 Å². The van der Waals surface area contributed by atoms with E-state index in [9.17, 15) is 4.79 Å². The molecule has 2 fully saturated rings. The number of carbonyl (C=O) groups is 1. The van der Waals surface area contributed by atoms with Gasteiger partial charge in [-0.2, -0.15) is 0 Å². The Kier molecular flexibility index (Phi) is 4.88. The number of rotatable bonds is 2. The molecule has 2 aliphatic rings. The maximum Gasteiger partial charge on any atom is 0.321 e. The van der Waals surface area contributed by atoms with Gasteiger partial charge < -0.3 is 15.5 Å². The van der Waals surface area contributed by atoms with Crippen LogP contribution in [0.4, 0.5) is 10.5 Å². The van der Waals surface area contributed by atoms with Crippen LogP contribution in [0.1, 0.15) is 19.3 Å². The number of halogens is 1. The maximum atomic E-state index is 12.8. The molecule has 2 aromatic rings. The Morgan fingerprint density at radius 3 is 2.69 bits per heavy atom. The summed E-state index contributed by atoms with van der Waals surface area (Å²) >= 11 is 6.10. The molecule has 2 aliphatic heterocycles. The van der Waals surface area contributed by atoms with Crippen LogP contribution < -0.4 is 10.6 Å². The van der Waals surface area contributed by atoms with E-state index in [-0.39, 0.29) is 11.4 Å². The molecule has 1 atom stereocenters. The first-order chi connectivity index (χ1) is 12.6. The largest absolute Gasteiger partial charge is 0.324 e. The first kappa shape index (κ1) is 17.4. The number of carbonyl (C=O) groups excluding carboxylic acids is 1. The second-order valence-electron chi connectivity index (χ2n) is 7.47. The Morgan fingerprint density at radius 2 is 1.92 bits per heavy atom. The van der Waals surface area contributed by atoms with Crippen molar-refractivity contribution in [3.05, 3.63) is 53.6 Å². The Bertz CT molecular complexity index is 801. The quantitative estimate of drug-likeness (QED) is 0.811. The normalized spacial score (nSPS) is 22.6. The summed E-state index contributed by atoms with van der Waals surface area (Å²) < 4.78 is 0. The van der Waals surface area contributed by atoms with E-state index in [0.717, 1.165) is 49.4 Å². The van der Waals surface area contributed by atoms with Crippen LogP contribution in [0.2, 0.25) is 5.02 Å². The van der Waals surface area contributed by atoms with Gasteiger partial charge in [-0.1, -0.05) is 35.9 Å². The number of piperidine rings is 1. The minimum absolute atomic E-state index is 0.000723. The molecule has 4 rings (SSSR count). The van der Waals surface area contributed by atoms with Crippen LogP contribution in [-0.4, -0.2) is 37.1 Å². The van der Waals surface area contributed by atoms with Crippen LogP contribution in [0.25, 0.3) is 11.1 Å². The number of likely N-dealkylation sites (tertiary alicyclic amines) is 1. The molecule has 136 valence electrons. The van der Waals surface area contributed by atoms with E-state index in [1.54, 1.807) is 0 Å². The van der Waals surface area contributed by atoms with Gasteiger partial charge in [-0.3, -0.25) is 0 Å². The summed E-state index contributed by atoms with van der Waals surface area (Å²) in [6, 6.07) is 15.7. The molecule has 0 aliphatic carbocycles. The van der Waals surface area contributed by atoms with Crippen molar-refractivity contribution in [3.63, 3.8) is 0 Å². The smallest absolute Gasteiger partial charge is 0.321 e. The SMILES string of the molecule is O=C(Nc1cccc(-c2cccc(Cl)c2)c1)N1CCC[C@@]2(CCNC2)C1. The van der Waals surface area contributed by atoms with Gasteiger partial charge in [-0.05, 0) is 61.2 Å². The summed E-state index contributed by atoms with van der Waals surface area (Å²) in [5, 5.41) is 7.24. The Hall–Kier alpha value is -2.04. The predicted octanol–water partition coefficient (Wildman–Crippen LogP) is 4.61. The molecule has 2 N–H and O–H groups in total. The Labute approximate surface area is 159 Å². The molecular weight excluding hydrogens is 346 g/mol. The molecule has 0 radical (unpaired) electrons. The third kappa shape index (κ3) is 3.71. The van der Waals surface area contributed by atoms with Crippen LogP contribution in [0.5, 0.6) is 0 Å². The van der Waals surface area contributed by atoms with Gasteiger partial charge in [0.15, 0.2) is 0 Å². The summed E-state index contributed by atoms with van der Waals surface area (Å²) in [6.07, 6.45) is 3.46. The van der Waals surface area contributed by atoms with Crippen molar-refractivity contribution < 1.29 is 4.79 Å². The number of nitrogens with one attached hydrogen (secondary N) is 2. The lowest BCUT2D eigenvalue weighted by Gasteiger charge is -2.39. The van der Waals surface area contributed by atoms with E-state index >= 15 is 0 Å². The van der Waals surface area contributed by atoms with Gasteiger partial charge in [0.25, 0.3) is 0 Å². The third-order valence-corrected chi connectivity index (χ3v) is 5.79. The monoisotopic (exact) mass is 369 g/mol. The standard InChI is InChI=1S/C21H24ClN3O/c22-18-6-1-4-16(12-18)17-5-2-7-19(13-17)24-20(26)25-11-3-8-21(15-25)9-10-23-14-21/h1-2,4-7,12-13,23H,3,8-11,14-15H2,(H,24,26)/t21-/m0/s1. The molecule has 5 heteroatoms. The van der Waals surface area contributed by atoms with E-state index in [2.05, 4.69) is 10.6 Å². The van der Waals surface area contributed by atoms with Crippen molar-refractivity contribution in [2.24, 2.45) is 5.41 Å². The highest BCUT2D eigenvalue weighted by Crippen LogP contribution is 2.35. The zero-order valence-electron chi connectivity index (χ0n) is 14.8. The number of amides is 2. The van der Waals surface area contributed by atoms with Crippen molar-refractivity contribution in [1.29, 1.82) is 0 Å². The molecule has 0 saturated carbocycles. The highest BCUT2D eigenvalue weighted by Gasteiger charge is 2.39. The molecule has 2 saturated heterocycles. The van der Waals surface area contributed by atoms with Crippen LogP contribution in [0, 0.1) is 5.41 Å². The van der Waals surface area contributed by atoms with Crippen molar-refractivity contribution >= 4 is 23.3 Å². The fourth-order valence-electron chi connectivity index (χ4n) is 4.17. The van der Waals surface area contributed by atoms with Gasteiger partial charge in [0.05, 0.1) is 0 Å². The van der Waals surface area contributed by atoms with E-state index in [0.29, 0.717) is 5.02 Å².